The maximum absolute atomic E-state index is 14.3. The molecule has 0 atom stereocenters. The lowest BCUT2D eigenvalue weighted by Crippen LogP contribution is -2.08. The number of alkyl halides is 3. The van der Waals surface area contributed by atoms with Crippen molar-refractivity contribution in [3.63, 3.8) is 0 Å². The Morgan fingerprint density at radius 3 is 2.51 bits per heavy atom. The van der Waals surface area contributed by atoms with Gasteiger partial charge in [-0.15, -0.1) is 0 Å². The second kappa shape index (κ2) is 10.3. The van der Waals surface area contributed by atoms with Crippen molar-refractivity contribution in [3.05, 3.63) is 94.6 Å². The molecule has 182 valence electrons. The van der Waals surface area contributed by atoms with E-state index >= 15 is 0 Å². The van der Waals surface area contributed by atoms with E-state index in [1.165, 1.54) is 0 Å². The van der Waals surface area contributed by atoms with Crippen molar-refractivity contribution in [3.8, 4) is 5.75 Å². The number of carbonyl (C=O) groups is 1. The van der Waals surface area contributed by atoms with E-state index < -0.39 is 23.5 Å². The van der Waals surface area contributed by atoms with Crippen LogP contribution in [-0.4, -0.2) is 17.6 Å². The van der Waals surface area contributed by atoms with Gasteiger partial charge in [-0.1, -0.05) is 30.3 Å². The van der Waals surface area contributed by atoms with E-state index in [1.807, 2.05) is 18.2 Å². The highest BCUT2D eigenvalue weighted by Gasteiger charge is 2.31. The van der Waals surface area contributed by atoms with Crippen molar-refractivity contribution in [2.24, 2.45) is 0 Å². The molecule has 0 saturated carbocycles. The van der Waals surface area contributed by atoms with Gasteiger partial charge in [0.25, 0.3) is 0 Å². The van der Waals surface area contributed by atoms with E-state index in [-0.39, 0.29) is 24.5 Å². The highest BCUT2D eigenvalue weighted by atomic mass is 19.4. The molecule has 35 heavy (non-hydrogen) atoms. The first kappa shape index (κ1) is 24.4. The molecule has 0 N–H and O–H groups in total. The molecule has 4 nitrogen and oxygen atoms in total. The Morgan fingerprint density at radius 2 is 1.77 bits per heavy atom. The number of halogens is 4. The average molecular weight is 485 g/mol. The minimum absolute atomic E-state index is 0.0252. The summed E-state index contributed by atoms with van der Waals surface area (Å²) in [7, 11) is 0. The van der Waals surface area contributed by atoms with Crippen LogP contribution in [0.4, 0.5) is 17.6 Å². The quantitative estimate of drug-likeness (QED) is 0.265. The van der Waals surface area contributed by atoms with Crippen LogP contribution in [0.2, 0.25) is 0 Å². The number of pyridine rings is 1. The van der Waals surface area contributed by atoms with Crippen molar-refractivity contribution < 1.29 is 31.8 Å². The molecule has 0 saturated heterocycles. The lowest BCUT2D eigenvalue weighted by molar-refractivity contribution is -0.137. The molecule has 4 rings (SSSR count). The highest BCUT2D eigenvalue weighted by molar-refractivity contribution is 5.94. The first-order chi connectivity index (χ1) is 16.8. The number of para-hydroxylation sites is 1. The minimum Gasteiger partial charge on any atom is -0.488 e. The molecule has 1 aromatic heterocycles. The van der Waals surface area contributed by atoms with E-state index in [9.17, 15) is 22.4 Å². The standard InChI is InChI=1S/C27H23F4NO3/c1-2-34-26(33)24-11-6-10-23(32-24)20-9-5-8-19(20)21-7-3-4-12-25(21)35-16-17-13-14-18(15-22(17)28)27(29,30)31/h3-4,6-7,10-15H,2,5,8-9,16H2,1H3. The van der Waals surface area contributed by atoms with E-state index in [2.05, 4.69) is 4.98 Å². The van der Waals surface area contributed by atoms with Gasteiger partial charge >= 0.3 is 12.1 Å². The van der Waals surface area contributed by atoms with Crippen LogP contribution < -0.4 is 4.74 Å². The van der Waals surface area contributed by atoms with Crippen molar-refractivity contribution in [2.75, 3.05) is 6.61 Å². The van der Waals surface area contributed by atoms with Gasteiger partial charge in [0.05, 0.1) is 17.9 Å². The first-order valence-corrected chi connectivity index (χ1v) is 11.2. The summed E-state index contributed by atoms with van der Waals surface area (Å²) in [6.45, 7) is 1.76. The van der Waals surface area contributed by atoms with Gasteiger partial charge in [0.1, 0.15) is 23.9 Å². The maximum atomic E-state index is 14.3. The predicted octanol–water partition coefficient (Wildman–Crippen LogP) is 7.09. The van der Waals surface area contributed by atoms with Crippen molar-refractivity contribution >= 4 is 17.1 Å². The van der Waals surface area contributed by atoms with Crippen LogP contribution in [0.3, 0.4) is 0 Å². The number of aromatic nitrogens is 1. The van der Waals surface area contributed by atoms with Crippen molar-refractivity contribution in [2.45, 2.75) is 39.0 Å². The summed E-state index contributed by atoms with van der Waals surface area (Å²) >= 11 is 0. The number of rotatable bonds is 7. The zero-order valence-corrected chi connectivity index (χ0v) is 19.0. The number of hydrogen-bond donors (Lipinski definition) is 0. The van der Waals surface area contributed by atoms with Crippen LogP contribution in [-0.2, 0) is 17.5 Å². The van der Waals surface area contributed by atoms with Gasteiger partial charge in [-0.05, 0) is 67.7 Å². The Labute approximate surface area is 200 Å². The molecule has 0 fully saturated rings. The van der Waals surface area contributed by atoms with Crippen LogP contribution >= 0.6 is 0 Å². The molecule has 3 aromatic rings. The molecule has 8 heteroatoms. The second-order valence-electron chi connectivity index (χ2n) is 8.03. The molecule has 0 spiro atoms. The fraction of sp³-hybridized carbons (Fsp3) is 0.259. The van der Waals surface area contributed by atoms with Gasteiger partial charge in [0, 0.05) is 11.1 Å². The fourth-order valence-electron chi connectivity index (χ4n) is 4.08. The van der Waals surface area contributed by atoms with E-state index in [0.29, 0.717) is 17.5 Å². The topological polar surface area (TPSA) is 48.4 Å². The minimum atomic E-state index is -4.61. The maximum Gasteiger partial charge on any atom is 0.416 e. The van der Waals surface area contributed by atoms with Crippen molar-refractivity contribution in [1.29, 1.82) is 0 Å². The van der Waals surface area contributed by atoms with E-state index in [0.717, 1.165) is 48.1 Å². The normalized spacial score (nSPS) is 13.7. The van der Waals surface area contributed by atoms with Gasteiger partial charge in [-0.25, -0.2) is 14.2 Å². The number of ether oxygens (including phenoxy) is 2. The van der Waals surface area contributed by atoms with E-state index in [1.54, 1.807) is 31.2 Å². The zero-order valence-electron chi connectivity index (χ0n) is 19.0. The van der Waals surface area contributed by atoms with Gasteiger partial charge in [0.2, 0.25) is 0 Å². The average Bonchev–Trinajstić information content (AvgIpc) is 3.33. The number of nitrogens with zero attached hydrogens (tertiary/aromatic N) is 1. The summed E-state index contributed by atoms with van der Waals surface area (Å²) in [6.07, 6.45) is -2.21. The Kier molecular flexibility index (Phi) is 7.19. The molecule has 1 aliphatic carbocycles. The molecule has 1 aliphatic rings. The van der Waals surface area contributed by atoms with Crippen molar-refractivity contribution in [1.82, 2.24) is 4.98 Å². The number of esters is 1. The summed E-state index contributed by atoms with van der Waals surface area (Å²) in [6, 6.07) is 14.9. The van der Waals surface area contributed by atoms with Gasteiger partial charge < -0.3 is 9.47 Å². The fourth-order valence-corrected chi connectivity index (χ4v) is 4.08. The molecule has 0 unspecified atom stereocenters. The molecule has 0 bridgehead atoms. The summed E-state index contributed by atoms with van der Waals surface area (Å²) in [5, 5.41) is 0. The molecular weight excluding hydrogens is 462 g/mol. The summed E-state index contributed by atoms with van der Waals surface area (Å²) in [5.41, 5.74) is 2.66. The number of allylic oxidation sites excluding steroid dienone is 2. The number of carbonyl (C=O) groups excluding carboxylic acids is 1. The third-order valence-electron chi connectivity index (χ3n) is 5.74. The lowest BCUT2D eigenvalue weighted by Gasteiger charge is -2.15. The van der Waals surface area contributed by atoms with Crippen LogP contribution in [0.5, 0.6) is 5.75 Å². The van der Waals surface area contributed by atoms with Gasteiger partial charge in [0.15, 0.2) is 0 Å². The SMILES string of the molecule is CCOC(=O)c1cccc(C2=C(c3ccccc3OCc3ccc(C(F)(F)F)cc3F)CCC2)n1. The number of hydrogen-bond acceptors (Lipinski definition) is 4. The molecule has 1 heterocycles. The largest absolute Gasteiger partial charge is 0.488 e. The zero-order chi connectivity index (χ0) is 25.0. The molecule has 0 amide bonds. The van der Waals surface area contributed by atoms with Gasteiger partial charge in [-0.3, -0.25) is 0 Å². The molecular formula is C27H23F4NO3. The summed E-state index contributed by atoms with van der Waals surface area (Å²) in [5.74, 6) is -0.974. The molecule has 2 aromatic carbocycles. The highest BCUT2D eigenvalue weighted by Crippen LogP contribution is 2.42. The molecule has 0 aliphatic heterocycles. The monoisotopic (exact) mass is 485 g/mol. The third kappa shape index (κ3) is 5.53. The molecule has 0 radical (unpaired) electrons. The number of benzene rings is 2. The Balaban J connectivity index is 1.62. The second-order valence-corrected chi connectivity index (χ2v) is 8.03. The van der Waals surface area contributed by atoms with Crippen LogP contribution in [0.15, 0.2) is 60.7 Å². The summed E-state index contributed by atoms with van der Waals surface area (Å²) < 4.78 is 63.7. The smallest absolute Gasteiger partial charge is 0.416 e. The van der Waals surface area contributed by atoms with E-state index in [4.69, 9.17) is 9.47 Å². The van der Waals surface area contributed by atoms with Gasteiger partial charge in [-0.2, -0.15) is 13.2 Å². The van der Waals surface area contributed by atoms with Crippen LogP contribution in [0.1, 0.15) is 59.1 Å². The first-order valence-electron chi connectivity index (χ1n) is 11.2. The van der Waals surface area contributed by atoms with Crippen LogP contribution in [0.25, 0.3) is 11.1 Å². The Hall–Kier alpha value is -3.68. The Morgan fingerprint density at radius 1 is 1.00 bits per heavy atom. The summed E-state index contributed by atoms with van der Waals surface area (Å²) in [4.78, 5) is 16.6. The predicted molar refractivity (Wildman–Crippen MR) is 123 cm³/mol. The Bertz CT molecular complexity index is 1270. The third-order valence-corrected chi connectivity index (χ3v) is 5.74. The van der Waals surface area contributed by atoms with Crippen LogP contribution in [0, 0.1) is 5.82 Å². The lowest BCUT2D eigenvalue weighted by atomic mass is 9.99.